The fourth-order valence-electron chi connectivity index (χ4n) is 1.81. The van der Waals surface area contributed by atoms with Crippen LogP contribution in [-0.2, 0) is 6.42 Å². The molecule has 2 rings (SSSR count). The normalized spacial score (nSPS) is 12.4. The van der Waals surface area contributed by atoms with Crippen LogP contribution in [0, 0.1) is 5.82 Å². The van der Waals surface area contributed by atoms with Gasteiger partial charge in [0, 0.05) is 21.7 Å². The summed E-state index contributed by atoms with van der Waals surface area (Å²) in [6.45, 7) is 0. The topological polar surface area (TPSA) is 26.0 Å². The molecule has 0 heterocycles. The maximum atomic E-state index is 13.7. The van der Waals surface area contributed by atoms with Crippen LogP contribution in [0.25, 0.3) is 0 Å². The Hall–Kier alpha value is -1.09. The second-order valence-electron chi connectivity index (χ2n) is 4.07. The van der Waals surface area contributed by atoms with Gasteiger partial charge in [-0.3, -0.25) is 0 Å². The Labute approximate surface area is 115 Å². The largest absolute Gasteiger partial charge is 0.324 e. The van der Waals surface area contributed by atoms with Crippen LogP contribution in [0.1, 0.15) is 17.2 Å². The van der Waals surface area contributed by atoms with Gasteiger partial charge in [-0.15, -0.1) is 0 Å². The van der Waals surface area contributed by atoms with E-state index in [2.05, 4.69) is 0 Å². The molecule has 0 amide bonds. The zero-order chi connectivity index (χ0) is 13.1. The van der Waals surface area contributed by atoms with Gasteiger partial charge in [-0.05, 0) is 36.2 Å². The van der Waals surface area contributed by atoms with E-state index in [9.17, 15) is 4.39 Å². The van der Waals surface area contributed by atoms with E-state index in [1.54, 1.807) is 12.1 Å². The van der Waals surface area contributed by atoms with E-state index in [4.69, 9.17) is 28.9 Å². The van der Waals surface area contributed by atoms with Crippen molar-refractivity contribution in [3.05, 3.63) is 69.5 Å². The predicted octanol–water partition coefficient (Wildman–Crippen LogP) is 4.38. The van der Waals surface area contributed by atoms with E-state index < -0.39 is 6.04 Å². The third-order valence-electron chi connectivity index (χ3n) is 2.76. The van der Waals surface area contributed by atoms with Gasteiger partial charge in [0.25, 0.3) is 0 Å². The Morgan fingerprint density at radius 2 is 1.83 bits per heavy atom. The molecule has 0 aliphatic carbocycles. The zero-order valence-electron chi connectivity index (χ0n) is 9.54. The molecule has 0 spiro atoms. The highest BCUT2D eigenvalue weighted by atomic mass is 35.5. The van der Waals surface area contributed by atoms with Gasteiger partial charge in [0.1, 0.15) is 5.82 Å². The second kappa shape index (κ2) is 5.70. The Morgan fingerprint density at radius 1 is 1.11 bits per heavy atom. The summed E-state index contributed by atoms with van der Waals surface area (Å²) in [5.41, 5.74) is 7.31. The molecule has 0 fully saturated rings. The van der Waals surface area contributed by atoms with Crippen molar-refractivity contribution in [1.82, 2.24) is 0 Å². The Balaban J connectivity index is 2.25. The van der Waals surface area contributed by atoms with Crippen LogP contribution in [0.2, 0.25) is 10.0 Å². The highest BCUT2D eigenvalue weighted by Gasteiger charge is 2.14. The lowest BCUT2D eigenvalue weighted by Crippen LogP contribution is -2.15. The van der Waals surface area contributed by atoms with Crippen molar-refractivity contribution < 1.29 is 4.39 Å². The summed E-state index contributed by atoms with van der Waals surface area (Å²) in [7, 11) is 0. The lowest BCUT2D eigenvalue weighted by Gasteiger charge is -2.14. The number of hydrogen-bond acceptors (Lipinski definition) is 1. The third kappa shape index (κ3) is 3.02. The van der Waals surface area contributed by atoms with Gasteiger partial charge in [0.2, 0.25) is 0 Å². The van der Waals surface area contributed by atoms with Gasteiger partial charge in [-0.1, -0.05) is 41.4 Å². The van der Waals surface area contributed by atoms with E-state index in [0.29, 0.717) is 22.0 Å². The van der Waals surface area contributed by atoms with Gasteiger partial charge in [0.15, 0.2) is 0 Å². The lowest BCUT2D eigenvalue weighted by molar-refractivity contribution is 0.580. The molecule has 1 unspecified atom stereocenters. The minimum absolute atomic E-state index is 0.348. The first-order valence-corrected chi connectivity index (χ1v) is 6.27. The van der Waals surface area contributed by atoms with Gasteiger partial charge in [0.05, 0.1) is 0 Å². The molecule has 2 aromatic rings. The molecular formula is C14H12Cl2FN. The summed E-state index contributed by atoms with van der Waals surface area (Å²) in [6.07, 6.45) is 0.469. The molecule has 2 N–H and O–H groups in total. The average Bonchev–Trinajstić information content (AvgIpc) is 2.35. The Kier molecular flexibility index (Phi) is 4.23. The summed E-state index contributed by atoms with van der Waals surface area (Å²) in [5.74, 6) is -0.348. The van der Waals surface area contributed by atoms with Crippen LogP contribution in [0.3, 0.4) is 0 Å². The predicted molar refractivity (Wildman–Crippen MR) is 73.5 cm³/mol. The summed E-state index contributed by atoms with van der Waals surface area (Å²) in [4.78, 5) is 0. The van der Waals surface area contributed by atoms with Crippen molar-refractivity contribution in [3.8, 4) is 0 Å². The van der Waals surface area contributed by atoms with Crippen molar-refractivity contribution in [2.24, 2.45) is 5.73 Å². The Morgan fingerprint density at radius 3 is 2.56 bits per heavy atom. The molecule has 1 atom stereocenters. The van der Waals surface area contributed by atoms with Crippen LogP contribution in [-0.4, -0.2) is 0 Å². The fraction of sp³-hybridized carbons (Fsp3) is 0.143. The first-order valence-electron chi connectivity index (χ1n) is 5.52. The summed E-state index contributed by atoms with van der Waals surface area (Å²) >= 11 is 11.9. The van der Waals surface area contributed by atoms with Crippen molar-refractivity contribution in [3.63, 3.8) is 0 Å². The highest BCUT2D eigenvalue weighted by molar-refractivity contribution is 6.31. The van der Waals surface area contributed by atoms with Crippen molar-refractivity contribution >= 4 is 23.2 Å². The fourth-order valence-corrected chi connectivity index (χ4v) is 2.20. The minimum atomic E-state index is -0.469. The van der Waals surface area contributed by atoms with Crippen LogP contribution < -0.4 is 5.73 Å². The van der Waals surface area contributed by atoms with E-state index in [1.807, 2.05) is 18.2 Å². The van der Waals surface area contributed by atoms with E-state index in [1.165, 1.54) is 12.1 Å². The maximum Gasteiger partial charge on any atom is 0.128 e. The summed E-state index contributed by atoms with van der Waals surface area (Å²) in [6, 6.07) is 11.3. The second-order valence-corrected chi connectivity index (χ2v) is 4.91. The number of nitrogens with two attached hydrogens (primary N) is 1. The molecule has 0 aliphatic rings. The average molecular weight is 284 g/mol. The molecule has 18 heavy (non-hydrogen) atoms. The monoisotopic (exact) mass is 283 g/mol. The Bertz CT molecular complexity index is 557. The smallest absolute Gasteiger partial charge is 0.128 e. The van der Waals surface area contributed by atoms with Gasteiger partial charge < -0.3 is 5.73 Å². The molecule has 4 heteroatoms. The quantitative estimate of drug-likeness (QED) is 0.889. The number of rotatable bonds is 3. The molecule has 0 saturated carbocycles. The number of benzene rings is 2. The molecule has 0 bridgehead atoms. The maximum absolute atomic E-state index is 13.7. The van der Waals surface area contributed by atoms with Gasteiger partial charge in [-0.2, -0.15) is 0 Å². The summed E-state index contributed by atoms with van der Waals surface area (Å²) < 4.78 is 13.7. The van der Waals surface area contributed by atoms with Crippen LogP contribution in [0.15, 0.2) is 42.5 Å². The van der Waals surface area contributed by atoms with Crippen LogP contribution in [0.4, 0.5) is 4.39 Å². The van der Waals surface area contributed by atoms with Crippen molar-refractivity contribution in [1.29, 1.82) is 0 Å². The molecule has 0 radical (unpaired) electrons. The molecular weight excluding hydrogens is 272 g/mol. The molecule has 0 aromatic heterocycles. The molecule has 0 aliphatic heterocycles. The first-order chi connectivity index (χ1) is 8.58. The van der Waals surface area contributed by atoms with Gasteiger partial charge in [-0.25, -0.2) is 4.39 Å². The number of halogens is 3. The minimum Gasteiger partial charge on any atom is -0.324 e. The van der Waals surface area contributed by atoms with Gasteiger partial charge >= 0.3 is 0 Å². The molecule has 0 saturated heterocycles. The van der Waals surface area contributed by atoms with Crippen molar-refractivity contribution in [2.45, 2.75) is 12.5 Å². The first kappa shape index (κ1) is 13.3. The van der Waals surface area contributed by atoms with Crippen LogP contribution >= 0.6 is 23.2 Å². The molecule has 2 aromatic carbocycles. The lowest BCUT2D eigenvalue weighted by atomic mass is 9.99. The zero-order valence-corrected chi connectivity index (χ0v) is 11.0. The van der Waals surface area contributed by atoms with E-state index in [-0.39, 0.29) is 5.82 Å². The molecule has 94 valence electrons. The molecule has 1 nitrogen and oxygen atoms in total. The highest BCUT2D eigenvalue weighted by Crippen LogP contribution is 2.25. The third-order valence-corrected chi connectivity index (χ3v) is 3.36. The SMILES string of the molecule is NC(Cc1ccccc1Cl)c1cc(Cl)ccc1F. The number of hydrogen-bond donors (Lipinski definition) is 1. The van der Waals surface area contributed by atoms with E-state index in [0.717, 1.165) is 5.56 Å². The standard InChI is InChI=1S/C14H12Cl2FN/c15-10-5-6-13(17)11(8-10)14(18)7-9-3-1-2-4-12(9)16/h1-6,8,14H,7,18H2. The summed E-state index contributed by atoms with van der Waals surface area (Å²) in [5, 5.41) is 1.11. The van der Waals surface area contributed by atoms with E-state index >= 15 is 0 Å². The van der Waals surface area contributed by atoms with Crippen LogP contribution in [0.5, 0.6) is 0 Å². The van der Waals surface area contributed by atoms with Crippen molar-refractivity contribution in [2.75, 3.05) is 0 Å².